The van der Waals surface area contributed by atoms with E-state index in [0.717, 1.165) is 72.4 Å². The van der Waals surface area contributed by atoms with Gasteiger partial charge in [0.2, 0.25) is 0 Å². The molecule has 0 aliphatic carbocycles. The van der Waals surface area contributed by atoms with E-state index in [-0.39, 0.29) is 17.9 Å². The minimum atomic E-state index is -0.0155. The van der Waals surface area contributed by atoms with Crippen LogP contribution in [-0.2, 0) is 11.2 Å². The Bertz CT molecular complexity index is 1110. The first-order valence-corrected chi connectivity index (χ1v) is 10.9. The Labute approximate surface area is 181 Å². The number of amides is 1. The highest BCUT2D eigenvalue weighted by Crippen LogP contribution is 2.29. The highest BCUT2D eigenvalue weighted by Gasteiger charge is 2.24. The first kappa shape index (κ1) is 19.5. The Morgan fingerprint density at radius 1 is 1.06 bits per heavy atom. The molecule has 31 heavy (non-hydrogen) atoms. The van der Waals surface area contributed by atoms with Gasteiger partial charge in [-0.2, -0.15) is 0 Å². The van der Waals surface area contributed by atoms with Crippen molar-refractivity contribution in [2.24, 2.45) is 5.92 Å². The number of aldehydes is 1. The van der Waals surface area contributed by atoms with Crippen molar-refractivity contribution in [1.82, 2.24) is 15.3 Å². The molecule has 3 aromatic rings. The highest BCUT2D eigenvalue weighted by molar-refractivity contribution is 5.98. The highest BCUT2D eigenvalue weighted by atomic mass is 16.1. The average molecular weight is 415 g/mol. The molecule has 0 saturated carbocycles. The molecule has 6 heteroatoms. The lowest BCUT2D eigenvalue weighted by Crippen LogP contribution is -2.38. The molecule has 2 aliphatic heterocycles. The zero-order chi connectivity index (χ0) is 21.4. The van der Waals surface area contributed by atoms with Crippen LogP contribution < -0.4 is 10.2 Å². The second-order valence-electron chi connectivity index (χ2n) is 8.59. The van der Waals surface area contributed by atoms with Gasteiger partial charge in [-0.1, -0.05) is 12.1 Å². The van der Waals surface area contributed by atoms with Gasteiger partial charge in [0, 0.05) is 65.9 Å². The molecular weight excluding hydrogens is 388 g/mol. The van der Waals surface area contributed by atoms with Gasteiger partial charge in [-0.15, -0.1) is 0 Å². The van der Waals surface area contributed by atoms with Gasteiger partial charge in [-0.25, -0.2) is 0 Å². The fourth-order valence-corrected chi connectivity index (χ4v) is 4.57. The third kappa shape index (κ3) is 3.85. The number of piperidine rings is 1. The number of carbonyl (C=O) groups excluding carboxylic acids is 2. The number of anilines is 1. The second-order valence-corrected chi connectivity index (χ2v) is 8.59. The summed E-state index contributed by atoms with van der Waals surface area (Å²) in [5.74, 6) is 0.189. The van der Waals surface area contributed by atoms with E-state index in [9.17, 15) is 9.59 Å². The lowest BCUT2D eigenvalue weighted by molar-refractivity contribution is -0.111. The van der Waals surface area contributed by atoms with Crippen LogP contribution in [-0.4, -0.2) is 41.3 Å². The molecule has 2 N–H and O–H groups in total. The maximum Gasteiger partial charge on any atom is 0.253 e. The summed E-state index contributed by atoms with van der Waals surface area (Å²) in [6.45, 7) is 3.85. The Morgan fingerprint density at radius 2 is 1.84 bits per heavy atom. The molecule has 5 rings (SSSR count). The van der Waals surface area contributed by atoms with E-state index < -0.39 is 0 Å². The zero-order valence-electron chi connectivity index (χ0n) is 17.6. The fraction of sp³-hybridized carbons (Fsp3) is 0.320. The molecule has 0 bridgehead atoms. The molecule has 2 aliphatic rings. The van der Waals surface area contributed by atoms with Gasteiger partial charge in [0.1, 0.15) is 6.29 Å². The van der Waals surface area contributed by atoms with E-state index >= 15 is 0 Å². The minimum absolute atomic E-state index is 0.0155. The summed E-state index contributed by atoms with van der Waals surface area (Å²) < 4.78 is 0. The van der Waals surface area contributed by atoms with Crippen LogP contribution in [0.25, 0.3) is 22.5 Å². The van der Waals surface area contributed by atoms with Crippen molar-refractivity contribution in [1.29, 1.82) is 0 Å². The third-order valence-corrected chi connectivity index (χ3v) is 6.36. The quantitative estimate of drug-likeness (QED) is 0.636. The zero-order valence-corrected chi connectivity index (χ0v) is 17.6. The smallest absolute Gasteiger partial charge is 0.253 e. The van der Waals surface area contributed by atoms with Crippen molar-refractivity contribution in [2.45, 2.75) is 32.2 Å². The number of H-pyrrole nitrogens is 1. The number of rotatable bonds is 4. The van der Waals surface area contributed by atoms with Crippen LogP contribution in [0.15, 0.2) is 48.7 Å². The Hall–Kier alpha value is -3.41. The molecule has 1 aromatic carbocycles. The van der Waals surface area contributed by atoms with Gasteiger partial charge >= 0.3 is 0 Å². The van der Waals surface area contributed by atoms with Crippen LogP contribution in [0.4, 0.5) is 5.69 Å². The summed E-state index contributed by atoms with van der Waals surface area (Å²) >= 11 is 0. The first-order valence-electron chi connectivity index (χ1n) is 10.9. The predicted octanol–water partition coefficient (Wildman–Crippen LogP) is 3.83. The van der Waals surface area contributed by atoms with Gasteiger partial charge in [0.15, 0.2) is 0 Å². The number of benzene rings is 1. The molecular formula is C25H26N4O2. The summed E-state index contributed by atoms with van der Waals surface area (Å²) in [7, 11) is 0. The first-order chi connectivity index (χ1) is 15.1. The van der Waals surface area contributed by atoms with Crippen LogP contribution in [0.2, 0.25) is 0 Å². The standard InChI is InChI=1S/C25H26N4O2/c1-16-12-24-21(25(31)27-16)14-23(28-24)19-6-9-26-22(13-19)18-2-4-20(5-3-18)29-10-7-17(15-30)8-11-29/h2-6,9,13-17,28H,7-8,10-12H2,1H3,(H,27,31)/t16-/m1/s1. The van der Waals surface area contributed by atoms with E-state index in [1.165, 1.54) is 5.69 Å². The van der Waals surface area contributed by atoms with Crippen LogP contribution >= 0.6 is 0 Å². The fourth-order valence-electron chi connectivity index (χ4n) is 4.57. The van der Waals surface area contributed by atoms with Gasteiger partial charge in [0.05, 0.1) is 11.3 Å². The SMILES string of the molecule is C[C@@H]1Cc2[nH]c(-c3ccnc(-c4ccc(N5CCC(C=O)CC5)cc4)c3)cc2C(=O)N1. The molecule has 6 nitrogen and oxygen atoms in total. The number of nitrogens with one attached hydrogen (secondary N) is 2. The number of hydrogen-bond acceptors (Lipinski definition) is 4. The van der Waals surface area contributed by atoms with E-state index in [1.54, 1.807) is 0 Å². The molecule has 0 unspecified atom stereocenters. The summed E-state index contributed by atoms with van der Waals surface area (Å²) in [4.78, 5) is 33.6. The van der Waals surface area contributed by atoms with Gasteiger partial charge in [0.25, 0.3) is 5.91 Å². The monoisotopic (exact) mass is 414 g/mol. The van der Waals surface area contributed by atoms with E-state index in [1.807, 2.05) is 25.3 Å². The van der Waals surface area contributed by atoms with E-state index in [4.69, 9.17) is 0 Å². The largest absolute Gasteiger partial charge is 0.371 e. The molecule has 4 heterocycles. The normalized spacial score (nSPS) is 19.1. The maximum atomic E-state index is 12.3. The minimum Gasteiger partial charge on any atom is -0.371 e. The van der Waals surface area contributed by atoms with Gasteiger partial charge in [-0.05, 0) is 50.1 Å². The Balaban J connectivity index is 1.37. The molecule has 158 valence electrons. The molecule has 1 amide bonds. The van der Waals surface area contributed by atoms with E-state index in [0.29, 0.717) is 0 Å². The van der Waals surface area contributed by atoms with Crippen molar-refractivity contribution in [3.8, 4) is 22.5 Å². The number of fused-ring (bicyclic) bond motifs is 1. The molecule has 0 radical (unpaired) electrons. The number of carbonyl (C=O) groups is 2. The Kier molecular flexibility index (Phi) is 5.06. The van der Waals surface area contributed by atoms with Crippen molar-refractivity contribution in [2.75, 3.05) is 18.0 Å². The van der Waals surface area contributed by atoms with Crippen molar-refractivity contribution in [3.63, 3.8) is 0 Å². The summed E-state index contributed by atoms with van der Waals surface area (Å²) in [5, 5.41) is 2.98. The van der Waals surface area contributed by atoms with Gasteiger partial charge in [-0.3, -0.25) is 9.78 Å². The van der Waals surface area contributed by atoms with Crippen molar-refractivity contribution >= 4 is 17.9 Å². The third-order valence-electron chi connectivity index (χ3n) is 6.36. The van der Waals surface area contributed by atoms with Crippen LogP contribution in [0.3, 0.4) is 0 Å². The average Bonchev–Trinajstić information content (AvgIpc) is 3.24. The Morgan fingerprint density at radius 3 is 2.58 bits per heavy atom. The molecule has 0 spiro atoms. The maximum absolute atomic E-state index is 12.3. The molecule has 2 aromatic heterocycles. The number of nitrogens with zero attached hydrogens (tertiary/aromatic N) is 2. The summed E-state index contributed by atoms with van der Waals surface area (Å²) in [5.41, 5.74) is 6.81. The summed E-state index contributed by atoms with van der Waals surface area (Å²) in [6, 6.07) is 14.6. The number of hydrogen-bond donors (Lipinski definition) is 2. The summed E-state index contributed by atoms with van der Waals surface area (Å²) in [6.07, 6.45) is 5.56. The number of aromatic amines is 1. The second kappa shape index (κ2) is 8.02. The van der Waals surface area contributed by atoms with Crippen LogP contribution in [0.5, 0.6) is 0 Å². The van der Waals surface area contributed by atoms with Gasteiger partial charge < -0.3 is 20.0 Å². The molecule has 1 fully saturated rings. The van der Waals surface area contributed by atoms with Crippen LogP contribution in [0, 0.1) is 5.92 Å². The van der Waals surface area contributed by atoms with Crippen LogP contribution in [0.1, 0.15) is 35.8 Å². The number of aromatic nitrogens is 2. The lowest BCUT2D eigenvalue weighted by atomic mass is 9.98. The predicted molar refractivity (Wildman–Crippen MR) is 121 cm³/mol. The van der Waals surface area contributed by atoms with E-state index in [2.05, 4.69) is 50.5 Å². The lowest BCUT2D eigenvalue weighted by Gasteiger charge is -2.31. The van der Waals surface area contributed by atoms with Crippen molar-refractivity contribution in [3.05, 3.63) is 59.9 Å². The molecule has 1 saturated heterocycles. The molecule has 1 atom stereocenters. The topological polar surface area (TPSA) is 78.1 Å². The van der Waals surface area contributed by atoms with Crippen molar-refractivity contribution < 1.29 is 9.59 Å². The number of pyridine rings is 1.